The lowest BCUT2D eigenvalue weighted by atomic mass is 9.94. The maximum absolute atomic E-state index is 13.3. The average Bonchev–Trinajstić information content (AvgIpc) is 3.48. The number of furan rings is 1. The number of hydrogen-bond donors (Lipinski definition) is 1. The molecule has 0 bridgehead atoms. The molecular weight excluding hydrogens is 384 g/mol. The molecule has 1 N–H and O–H groups in total. The van der Waals surface area contributed by atoms with Crippen LogP contribution in [0.15, 0.2) is 52.1 Å². The minimum Gasteiger partial charge on any atom is -0.503 e. The molecule has 1 unspecified atom stereocenters. The molecule has 1 aromatic heterocycles. The Morgan fingerprint density at radius 3 is 2.57 bits per heavy atom. The highest BCUT2D eigenvalue weighted by molar-refractivity contribution is 6.15. The minimum atomic E-state index is -0.742. The summed E-state index contributed by atoms with van der Waals surface area (Å²) in [7, 11) is 1.55. The standard InChI is InChI=1S/C23H26N2O5/c1-15-9-10-18(30-15)21(26)19-20(16-7-3-4-8-17(16)29-2)25(23(28)22(19)27)14-13-24-11-5-6-12-24/h3-4,7-10,20,27H,5-6,11-14H2,1-2H3. The van der Waals surface area contributed by atoms with Gasteiger partial charge in [-0.2, -0.15) is 0 Å². The summed E-state index contributed by atoms with van der Waals surface area (Å²) in [5.74, 6) is -0.320. The highest BCUT2D eigenvalue weighted by Gasteiger charge is 2.45. The number of aliphatic hydroxyl groups is 1. The number of methoxy groups -OCH3 is 1. The number of ketones is 1. The second-order valence-corrected chi connectivity index (χ2v) is 7.69. The predicted octanol–water partition coefficient (Wildman–Crippen LogP) is 3.27. The molecule has 0 spiro atoms. The summed E-state index contributed by atoms with van der Waals surface area (Å²) in [6.45, 7) is 4.83. The number of ether oxygens (including phenoxy) is 1. The summed E-state index contributed by atoms with van der Waals surface area (Å²) in [6.07, 6.45) is 2.30. The molecular formula is C23H26N2O5. The molecule has 3 heterocycles. The van der Waals surface area contributed by atoms with Crippen molar-refractivity contribution in [3.8, 4) is 5.75 Å². The van der Waals surface area contributed by atoms with Crippen molar-refractivity contribution in [2.75, 3.05) is 33.3 Å². The van der Waals surface area contributed by atoms with Gasteiger partial charge in [-0.25, -0.2) is 0 Å². The Morgan fingerprint density at radius 1 is 1.17 bits per heavy atom. The lowest BCUT2D eigenvalue weighted by Crippen LogP contribution is -2.38. The number of para-hydroxylation sites is 1. The molecule has 158 valence electrons. The number of aliphatic hydroxyl groups excluding tert-OH is 1. The fraction of sp³-hybridized carbons (Fsp3) is 0.391. The van der Waals surface area contributed by atoms with Crippen LogP contribution in [0.2, 0.25) is 0 Å². The smallest absolute Gasteiger partial charge is 0.290 e. The number of likely N-dealkylation sites (tertiary alicyclic amines) is 1. The normalized spacial score (nSPS) is 19.7. The lowest BCUT2D eigenvalue weighted by molar-refractivity contribution is -0.129. The number of hydrogen-bond acceptors (Lipinski definition) is 6. The summed E-state index contributed by atoms with van der Waals surface area (Å²) < 4.78 is 11.0. The minimum absolute atomic E-state index is 0.0280. The third-order valence-corrected chi connectivity index (χ3v) is 5.80. The van der Waals surface area contributed by atoms with E-state index in [0.717, 1.165) is 25.9 Å². The van der Waals surface area contributed by atoms with Crippen molar-refractivity contribution in [3.63, 3.8) is 0 Å². The van der Waals surface area contributed by atoms with E-state index in [1.54, 1.807) is 37.1 Å². The van der Waals surface area contributed by atoms with Crippen LogP contribution in [-0.4, -0.2) is 59.9 Å². The number of benzene rings is 1. The summed E-state index contributed by atoms with van der Waals surface area (Å²) in [5.41, 5.74) is 0.686. The van der Waals surface area contributed by atoms with Gasteiger partial charge in [-0.3, -0.25) is 9.59 Å². The Labute approximate surface area is 175 Å². The van der Waals surface area contributed by atoms with Gasteiger partial charge in [0, 0.05) is 18.7 Å². The number of Topliss-reactive ketones (excluding diaryl/α,β-unsaturated/α-hetero) is 1. The van der Waals surface area contributed by atoms with Crippen LogP contribution in [0, 0.1) is 6.92 Å². The molecule has 1 saturated heterocycles. The first-order chi connectivity index (χ1) is 14.5. The predicted molar refractivity (Wildman–Crippen MR) is 111 cm³/mol. The molecule has 2 aromatic rings. The Kier molecular flexibility index (Phi) is 5.63. The second kappa shape index (κ2) is 8.36. The van der Waals surface area contributed by atoms with Crippen LogP contribution in [0.5, 0.6) is 5.75 Å². The quantitative estimate of drug-likeness (QED) is 0.706. The molecule has 0 radical (unpaired) electrons. The van der Waals surface area contributed by atoms with Gasteiger partial charge in [0.15, 0.2) is 11.5 Å². The summed E-state index contributed by atoms with van der Waals surface area (Å²) in [6, 6.07) is 9.77. The van der Waals surface area contributed by atoms with Gasteiger partial charge in [0.05, 0.1) is 18.7 Å². The summed E-state index contributed by atoms with van der Waals surface area (Å²) in [4.78, 5) is 30.1. The van der Waals surface area contributed by atoms with Gasteiger partial charge < -0.3 is 24.1 Å². The van der Waals surface area contributed by atoms with E-state index >= 15 is 0 Å². The fourth-order valence-electron chi connectivity index (χ4n) is 4.28. The molecule has 1 amide bonds. The molecule has 7 heteroatoms. The van der Waals surface area contributed by atoms with Crippen LogP contribution in [0.1, 0.15) is 40.8 Å². The van der Waals surface area contributed by atoms with Crippen molar-refractivity contribution in [2.45, 2.75) is 25.8 Å². The third kappa shape index (κ3) is 3.61. The molecule has 2 aliphatic rings. The first-order valence-electron chi connectivity index (χ1n) is 10.2. The van der Waals surface area contributed by atoms with E-state index in [4.69, 9.17) is 9.15 Å². The Bertz CT molecular complexity index is 987. The van der Waals surface area contributed by atoms with Crippen LogP contribution in [0.4, 0.5) is 0 Å². The zero-order chi connectivity index (χ0) is 21.3. The molecule has 30 heavy (non-hydrogen) atoms. The first-order valence-corrected chi connectivity index (χ1v) is 10.2. The van der Waals surface area contributed by atoms with E-state index in [1.807, 2.05) is 18.2 Å². The Hall–Kier alpha value is -3.06. The number of carbonyl (C=O) groups excluding carboxylic acids is 2. The van der Waals surface area contributed by atoms with Gasteiger partial charge in [-0.1, -0.05) is 18.2 Å². The maximum atomic E-state index is 13.3. The van der Waals surface area contributed by atoms with E-state index < -0.39 is 23.5 Å². The number of carbonyl (C=O) groups is 2. The van der Waals surface area contributed by atoms with Crippen molar-refractivity contribution in [2.24, 2.45) is 0 Å². The van der Waals surface area contributed by atoms with Gasteiger partial charge in [0.25, 0.3) is 5.91 Å². The monoisotopic (exact) mass is 410 g/mol. The molecule has 7 nitrogen and oxygen atoms in total. The first kappa shape index (κ1) is 20.2. The Morgan fingerprint density at radius 2 is 1.90 bits per heavy atom. The summed E-state index contributed by atoms with van der Waals surface area (Å²) >= 11 is 0. The fourth-order valence-corrected chi connectivity index (χ4v) is 4.28. The van der Waals surface area contributed by atoms with E-state index in [9.17, 15) is 14.7 Å². The van der Waals surface area contributed by atoms with Crippen LogP contribution in [0.25, 0.3) is 0 Å². The van der Waals surface area contributed by atoms with Crippen molar-refractivity contribution in [3.05, 3.63) is 64.8 Å². The topological polar surface area (TPSA) is 83.2 Å². The molecule has 2 aliphatic heterocycles. The van der Waals surface area contributed by atoms with Crippen molar-refractivity contribution in [1.82, 2.24) is 9.80 Å². The van der Waals surface area contributed by atoms with E-state index in [2.05, 4.69) is 4.90 Å². The Balaban J connectivity index is 1.73. The summed E-state index contributed by atoms with van der Waals surface area (Å²) in [5, 5.41) is 10.7. The highest BCUT2D eigenvalue weighted by Crippen LogP contribution is 2.42. The largest absolute Gasteiger partial charge is 0.503 e. The number of nitrogens with zero attached hydrogens (tertiary/aromatic N) is 2. The van der Waals surface area contributed by atoms with Gasteiger partial charge in [-0.15, -0.1) is 0 Å². The van der Waals surface area contributed by atoms with Crippen LogP contribution >= 0.6 is 0 Å². The second-order valence-electron chi connectivity index (χ2n) is 7.69. The van der Waals surface area contributed by atoms with Crippen molar-refractivity contribution >= 4 is 11.7 Å². The van der Waals surface area contributed by atoms with E-state index in [0.29, 0.717) is 30.2 Å². The van der Waals surface area contributed by atoms with Crippen LogP contribution < -0.4 is 4.74 Å². The van der Waals surface area contributed by atoms with E-state index in [1.165, 1.54) is 0 Å². The zero-order valence-corrected chi connectivity index (χ0v) is 17.3. The van der Waals surface area contributed by atoms with E-state index in [-0.39, 0.29) is 11.3 Å². The van der Waals surface area contributed by atoms with Crippen LogP contribution in [0.3, 0.4) is 0 Å². The maximum Gasteiger partial charge on any atom is 0.290 e. The molecule has 1 fully saturated rings. The average molecular weight is 410 g/mol. The highest BCUT2D eigenvalue weighted by atomic mass is 16.5. The van der Waals surface area contributed by atoms with Crippen molar-refractivity contribution < 1.29 is 23.8 Å². The number of rotatable bonds is 7. The molecule has 1 atom stereocenters. The number of aryl methyl sites for hydroxylation is 1. The van der Waals surface area contributed by atoms with Crippen LogP contribution in [-0.2, 0) is 4.79 Å². The van der Waals surface area contributed by atoms with Gasteiger partial charge >= 0.3 is 0 Å². The SMILES string of the molecule is COc1ccccc1C1C(C(=O)c2ccc(C)o2)=C(O)C(=O)N1CCN1CCCC1. The van der Waals surface area contributed by atoms with Gasteiger partial charge in [0.1, 0.15) is 11.5 Å². The number of amides is 1. The zero-order valence-electron chi connectivity index (χ0n) is 17.3. The molecule has 1 aromatic carbocycles. The van der Waals surface area contributed by atoms with Gasteiger partial charge in [0.2, 0.25) is 5.78 Å². The molecule has 0 aliphatic carbocycles. The molecule has 0 saturated carbocycles. The lowest BCUT2D eigenvalue weighted by Gasteiger charge is -2.29. The van der Waals surface area contributed by atoms with Crippen molar-refractivity contribution in [1.29, 1.82) is 0 Å². The third-order valence-electron chi connectivity index (χ3n) is 5.80. The van der Waals surface area contributed by atoms with Gasteiger partial charge in [-0.05, 0) is 51.1 Å². The molecule has 4 rings (SSSR count).